The highest BCUT2D eigenvalue weighted by molar-refractivity contribution is 5.96. The first-order valence-electron chi connectivity index (χ1n) is 8.06. The van der Waals surface area contributed by atoms with Crippen molar-refractivity contribution in [3.63, 3.8) is 0 Å². The molecule has 1 saturated heterocycles. The predicted octanol–water partition coefficient (Wildman–Crippen LogP) is 0.817. The predicted molar refractivity (Wildman–Crippen MR) is 84.6 cm³/mol. The molecule has 3 rings (SSSR count). The van der Waals surface area contributed by atoms with Gasteiger partial charge in [0.2, 0.25) is 11.8 Å². The van der Waals surface area contributed by atoms with Crippen molar-refractivity contribution in [3.05, 3.63) is 35.4 Å². The summed E-state index contributed by atoms with van der Waals surface area (Å²) in [7, 11) is 0. The summed E-state index contributed by atoms with van der Waals surface area (Å²) in [5, 5.41) is 5.46. The number of benzene rings is 1. The minimum absolute atomic E-state index is 0.00975. The van der Waals surface area contributed by atoms with Crippen molar-refractivity contribution >= 4 is 17.7 Å². The Labute approximate surface area is 135 Å². The van der Waals surface area contributed by atoms with Crippen molar-refractivity contribution in [2.24, 2.45) is 0 Å². The average Bonchev–Trinajstić information content (AvgIpc) is 3.27. The van der Waals surface area contributed by atoms with Crippen molar-refractivity contribution in [1.82, 2.24) is 15.5 Å². The fourth-order valence-electron chi connectivity index (χ4n) is 2.67. The molecule has 0 radical (unpaired) electrons. The highest BCUT2D eigenvalue weighted by Gasteiger charge is 2.23. The Morgan fingerprint density at radius 2 is 2.09 bits per heavy atom. The first-order chi connectivity index (χ1) is 11.1. The van der Waals surface area contributed by atoms with Crippen LogP contribution in [0.25, 0.3) is 0 Å². The maximum atomic E-state index is 12.1. The molecule has 0 spiro atoms. The van der Waals surface area contributed by atoms with Crippen molar-refractivity contribution in [2.45, 2.75) is 38.3 Å². The van der Waals surface area contributed by atoms with Crippen LogP contribution < -0.4 is 10.6 Å². The molecule has 1 aromatic rings. The number of hydrogen-bond acceptors (Lipinski definition) is 3. The van der Waals surface area contributed by atoms with E-state index in [4.69, 9.17) is 0 Å². The lowest BCUT2D eigenvalue weighted by molar-refractivity contribution is -0.128. The van der Waals surface area contributed by atoms with E-state index in [0.29, 0.717) is 24.6 Å². The van der Waals surface area contributed by atoms with Gasteiger partial charge < -0.3 is 15.5 Å². The second-order valence-corrected chi connectivity index (χ2v) is 6.14. The highest BCUT2D eigenvalue weighted by atomic mass is 16.2. The molecule has 2 N–H and O–H groups in total. The molecule has 6 heteroatoms. The summed E-state index contributed by atoms with van der Waals surface area (Å²) in [6.45, 7) is 1.29. The van der Waals surface area contributed by atoms with Crippen LogP contribution in [0.15, 0.2) is 24.3 Å². The molecule has 0 aromatic heterocycles. The molecule has 0 atom stereocenters. The third kappa shape index (κ3) is 4.31. The largest absolute Gasteiger partial charge is 0.352 e. The minimum Gasteiger partial charge on any atom is -0.352 e. The molecule has 1 heterocycles. The van der Waals surface area contributed by atoms with Crippen molar-refractivity contribution in [3.8, 4) is 0 Å². The number of rotatable bonds is 6. The van der Waals surface area contributed by atoms with Crippen molar-refractivity contribution in [2.75, 3.05) is 13.1 Å². The fraction of sp³-hybridized carbons (Fsp3) is 0.471. The first kappa shape index (κ1) is 15.5. The standard InChI is InChI=1S/C17H21N3O3/c21-15(19-14-6-7-14)10-18-17(23)13-4-1-3-12(9-13)11-20-8-2-5-16(20)22/h1,3-4,9,14H,2,5-8,10-11H2,(H,18,23)(H,19,21). The first-order valence-corrected chi connectivity index (χ1v) is 8.06. The molecule has 2 fully saturated rings. The van der Waals surface area contributed by atoms with Crippen LogP contribution in [0.2, 0.25) is 0 Å². The lowest BCUT2D eigenvalue weighted by atomic mass is 10.1. The number of nitrogens with zero attached hydrogens (tertiary/aromatic N) is 1. The Morgan fingerprint density at radius 3 is 2.78 bits per heavy atom. The van der Waals surface area contributed by atoms with Crippen molar-refractivity contribution in [1.29, 1.82) is 0 Å². The molecule has 6 nitrogen and oxygen atoms in total. The van der Waals surface area contributed by atoms with Gasteiger partial charge in [0.15, 0.2) is 0 Å². The molecule has 0 unspecified atom stereocenters. The van der Waals surface area contributed by atoms with E-state index >= 15 is 0 Å². The second-order valence-electron chi connectivity index (χ2n) is 6.14. The number of carbonyl (C=O) groups excluding carboxylic acids is 3. The van der Waals surface area contributed by atoms with Crippen LogP contribution in [0.5, 0.6) is 0 Å². The Morgan fingerprint density at radius 1 is 1.26 bits per heavy atom. The zero-order chi connectivity index (χ0) is 16.2. The van der Waals surface area contributed by atoms with Gasteiger partial charge in [-0.3, -0.25) is 14.4 Å². The third-order valence-corrected chi connectivity index (χ3v) is 4.09. The summed E-state index contributed by atoms with van der Waals surface area (Å²) in [5.41, 5.74) is 1.43. The van der Waals surface area contributed by atoms with E-state index in [2.05, 4.69) is 10.6 Å². The summed E-state index contributed by atoms with van der Waals surface area (Å²) in [5.74, 6) is -0.262. The monoisotopic (exact) mass is 315 g/mol. The molecule has 1 aliphatic heterocycles. The van der Waals surface area contributed by atoms with Gasteiger partial charge in [-0.25, -0.2) is 0 Å². The van der Waals surface area contributed by atoms with Crippen LogP contribution in [-0.4, -0.2) is 41.8 Å². The quantitative estimate of drug-likeness (QED) is 0.816. The molecule has 3 amide bonds. The van der Waals surface area contributed by atoms with Crippen molar-refractivity contribution < 1.29 is 14.4 Å². The van der Waals surface area contributed by atoms with E-state index in [1.54, 1.807) is 23.1 Å². The summed E-state index contributed by atoms with van der Waals surface area (Å²) >= 11 is 0. The Hall–Kier alpha value is -2.37. The van der Waals surface area contributed by atoms with E-state index < -0.39 is 0 Å². The highest BCUT2D eigenvalue weighted by Crippen LogP contribution is 2.18. The Kier molecular flexibility index (Phi) is 4.60. The van der Waals surface area contributed by atoms with Crippen LogP contribution >= 0.6 is 0 Å². The number of carbonyl (C=O) groups is 3. The SMILES string of the molecule is O=C(CNC(=O)c1cccc(CN2CCCC2=O)c1)NC1CC1. The number of hydrogen-bond donors (Lipinski definition) is 2. The smallest absolute Gasteiger partial charge is 0.251 e. The molecule has 0 bridgehead atoms. The summed E-state index contributed by atoms with van der Waals surface area (Å²) in [6, 6.07) is 7.49. The Balaban J connectivity index is 1.54. The topological polar surface area (TPSA) is 78.5 Å². The Bertz CT molecular complexity index is 625. The lowest BCUT2D eigenvalue weighted by Gasteiger charge is -2.16. The molecule has 122 valence electrons. The van der Waals surface area contributed by atoms with Gasteiger partial charge in [0.1, 0.15) is 0 Å². The molecule has 1 saturated carbocycles. The molecule has 1 aromatic carbocycles. The van der Waals surface area contributed by atoms with Gasteiger partial charge in [-0.05, 0) is 37.0 Å². The number of nitrogens with one attached hydrogen (secondary N) is 2. The zero-order valence-corrected chi connectivity index (χ0v) is 13.0. The lowest BCUT2D eigenvalue weighted by Crippen LogP contribution is -2.37. The molecule has 2 aliphatic rings. The summed E-state index contributed by atoms with van der Waals surface area (Å²) in [6.07, 6.45) is 3.55. The van der Waals surface area contributed by atoms with Crippen LogP contribution in [-0.2, 0) is 16.1 Å². The molecular formula is C17H21N3O3. The summed E-state index contributed by atoms with van der Waals surface area (Å²) in [4.78, 5) is 37.2. The molecule has 23 heavy (non-hydrogen) atoms. The van der Waals surface area contributed by atoms with Gasteiger partial charge in [0, 0.05) is 31.1 Å². The van der Waals surface area contributed by atoms with E-state index in [-0.39, 0.29) is 24.3 Å². The van der Waals surface area contributed by atoms with Gasteiger partial charge >= 0.3 is 0 Å². The van der Waals surface area contributed by atoms with Crippen LogP contribution in [0.3, 0.4) is 0 Å². The van der Waals surface area contributed by atoms with Gasteiger partial charge in [0.25, 0.3) is 5.91 Å². The van der Waals surface area contributed by atoms with Gasteiger partial charge in [-0.1, -0.05) is 12.1 Å². The molecular weight excluding hydrogens is 294 g/mol. The zero-order valence-electron chi connectivity index (χ0n) is 13.0. The fourth-order valence-corrected chi connectivity index (χ4v) is 2.67. The van der Waals surface area contributed by atoms with Gasteiger partial charge in [-0.2, -0.15) is 0 Å². The van der Waals surface area contributed by atoms with E-state index in [9.17, 15) is 14.4 Å². The van der Waals surface area contributed by atoms with Gasteiger partial charge in [0.05, 0.1) is 6.54 Å². The van der Waals surface area contributed by atoms with E-state index in [1.165, 1.54) is 0 Å². The normalized spacial score (nSPS) is 17.2. The maximum Gasteiger partial charge on any atom is 0.251 e. The molecule has 1 aliphatic carbocycles. The second kappa shape index (κ2) is 6.81. The minimum atomic E-state index is -0.273. The number of amides is 3. The van der Waals surface area contributed by atoms with Crippen LogP contribution in [0.4, 0.5) is 0 Å². The number of likely N-dealkylation sites (tertiary alicyclic amines) is 1. The van der Waals surface area contributed by atoms with E-state index in [0.717, 1.165) is 31.4 Å². The van der Waals surface area contributed by atoms with Crippen LogP contribution in [0, 0.1) is 0 Å². The van der Waals surface area contributed by atoms with Gasteiger partial charge in [-0.15, -0.1) is 0 Å². The average molecular weight is 315 g/mol. The third-order valence-electron chi connectivity index (χ3n) is 4.09. The van der Waals surface area contributed by atoms with E-state index in [1.807, 2.05) is 6.07 Å². The maximum absolute atomic E-state index is 12.1. The summed E-state index contributed by atoms with van der Waals surface area (Å²) < 4.78 is 0. The van der Waals surface area contributed by atoms with Crippen LogP contribution in [0.1, 0.15) is 41.6 Å².